The van der Waals surface area contributed by atoms with Crippen LogP contribution in [0, 0.1) is 0 Å². The molecule has 0 aromatic rings. The summed E-state index contributed by atoms with van der Waals surface area (Å²) in [4.78, 5) is 23.0. The molecule has 310 valence electrons. The summed E-state index contributed by atoms with van der Waals surface area (Å²) in [6.07, 6.45) is -28.2. The Bertz CT molecular complexity index is 1160. The topological polar surface area (TPSA) is 78.4 Å². The van der Waals surface area contributed by atoms with Crippen LogP contribution in [0.1, 0.15) is 25.7 Å². The zero-order chi connectivity index (χ0) is 42.4. The van der Waals surface area contributed by atoms with Crippen molar-refractivity contribution >= 4 is 11.8 Å². The van der Waals surface area contributed by atoms with Gasteiger partial charge in [0.15, 0.2) is 0 Å². The Kier molecular flexibility index (Phi) is 13.6. The monoisotopic (exact) mass is 838 g/mol. The number of halogens is 26. The Morgan fingerprint density at radius 1 is 0.385 bits per heavy atom. The van der Waals surface area contributed by atoms with Crippen molar-refractivity contribution in [1.29, 1.82) is 0 Å². The van der Waals surface area contributed by atoms with Gasteiger partial charge in [0.05, 0.1) is 6.10 Å². The highest BCUT2D eigenvalue weighted by atomic mass is 19.4. The molecule has 0 saturated carbocycles. The summed E-state index contributed by atoms with van der Waals surface area (Å²) in [7, 11) is 0. The van der Waals surface area contributed by atoms with Gasteiger partial charge in [0, 0.05) is 38.8 Å². The summed E-state index contributed by atoms with van der Waals surface area (Å²) < 4.78 is 340. The van der Waals surface area contributed by atoms with Gasteiger partial charge >= 0.3 is 71.6 Å². The molecule has 31 heteroatoms. The molecule has 0 atom stereocenters. The number of rotatable bonds is 18. The molecule has 2 amide bonds. The number of aliphatic hydroxyl groups excluding tert-OH is 1. The predicted molar refractivity (Wildman–Crippen MR) is 112 cm³/mol. The summed E-state index contributed by atoms with van der Waals surface area (Å²) in [6, 6.07) is 0. The van der Waals surface area contributed by atoms with Gasteiger partial charge in [-0.3, -0.25) is 9.59 Å². The summed E-state index contributed by atoms with van der Waals surface area (Å²) in [5, 5.41) is 12.0. The van der Waals surface area contributed by atoms with Crippen LogP contribution in [0.5, 0.6) is 0 Å². The lowest BCUT2D eigenvalue weighted by Crippen LogP contribution is -2.70. The molecule has 0 spiro atoms. The van der Waals surface area contributed by atoms with E-state index >= 15 is 0 Å². The molecule has 0 fully saturated rings. The quantitative estimate of drug-likeness (QED) is 0.125. The Hall–Kier alpha value is -2.92. The first kappa shape index (κ1) is 49.1. The minimum atomic E-state index is -8.23. The number of carbonyl (C=O) groups excluding carboxylic acids is 2. The highest BCUT2D eigenvalue weighted by Gasteiger charge is 2.92. The van der Waals surface area contributed by atoms with Crippen LogP contribution in [0.25, 0.3) is 0 Å². The number of nitrogens with one attached hydrogen (secondary N) is 2. The standard InChI is InChI=1S/C21H16F26N2O3/c22-10(23,12(26,27)14(30,31)16(34,35)18(38,39)20(42,43)44)3-1-8(51)48-5-7(50)6-49-9(52)2-4-11(24,25)13(28,29)15(32,33)17(36,37)19(40,41)21(45,46)47/h7,50H,1-6H2,(H,48,51)(H,49,52). The lowest BCUT2D eigenvalue weighted by molar-refractivity contribution is -0.440. The van der Waals surface area contributed by atoms with Crippen LogP contribution in [0.15, 0.2) is 0 Å². The highest BCUT2D eigenvalue weighted by molar-refractivity contribution is 5.76. The van der Waals surface area contributed by atoms with Gasteiger partial charge in [-0.25, -0.2) is 0 Å². The normalized spacial score (nSPS) is 15.6. The van der Waals surface area contributed by atoms with Gasteiger partial charge in [-0.2, -0.15) is 114 Å². The largest absolute Gasteiger partial charge is 0.460 e. The van der Waals surface area contributed by atoms with E-state index in [9.17, 15) is 129 Å². The Labute approximate surface area is 269 Å². The molecular formula is C21H16F26N2O3. The zero-order valence-corrected chi connectivity index (χ0v) is 23.9. The van der Waals surface area contributed by atoms with Crippen molar-refractivity contribution in [3.8, 4) is 0 Å². The van der Waals surface area contributed by atoms with Crippen molar-refractivity contribution in [3.63, 3.8) is 0 Å². The van der Waals surface area contributed by atoms with Crippen molar-refractivity contribution in [1.82, 2.24) is 10.6 Å². The molecule has 0 bridgehead atoms. The molecular weight excluding hydrogens is 822 g/mol. The van der Waals surface area contributed by atoms with Gasteiger partial charge in [0.25, 0.3) is 0 Å². The molecule has 3 N–H and O–H groups in total. The Morgan fingerprint density at radius 3 is 0.808 bits per heavy atom. The van der Waals surface area contributed by atoms with E-state index in [1.807, 2.05) is 0 Å². The highest BCUT2D eigenvalue weighted by Crippen LogP contribution is 2.62. The smallest absolute Gasteiger partial charge is 0.389 e. The van der Waals surface area contributed by atoms with E-state index in [0.29, 0.717) is 0 Å². The fourth-order valence-electron chi connectivity index (χ4n) is 3.17. The lowest BCUT2D eigenvalue weighted by Gasteiger charge is -2.39. The van der Waals surface area contributed by atoms with Crippen molar-refractivity contribution in [2.45, 2.75) is 103 Å². The molecule has 0 rings (SSSR count). The molecule has 0 unspecified atom stereocenters. The van der Waals surface area contributed by atoms with Gasteiger partial charge in [-0.05, 0) is 0 Å². The minimum Gasteiger partial charge on any atom is -0.389 e. The first-order chi connectivity index (χ1) is 22.4. The predicted octanol–water partition coefficient (Wildman–Crippen LogP) is 7.62. The maximum atomic E-state index is 13.7. The van der Waals surface area contributed by atoms with Gasteiger partial charge in [-0.1, -0.05) is 0 Å². The summed E-state index contributed by atoms with van der Waals surface area (Å²) in [6.45, 7) is -2.84. The second kappa shape index (κ2) is 14.4. The van der Waals surface area contributed by atoms with Crippen LogP contribution < -0.4 is 10.6 Å². The molecule has 0 aromatic heterocycles. The number of alkyl halides is 26. The van der Waals surface area contributed by atoms with E-state index in [4.69, 9.17) is 0 Å². The maximum Gasteiger partial charge on any atom is 0.460 e. The average molecular weight is 838 g/mol. The van der Waals surface area contributed by atoms with E-state index in [0.717, 1.165) is 0 Å². The third-order valence-corrected chi connectivity index (χ3v) is 6.40. The molecule has 0 aliphatic heterocycles. The number of hydrogen-bond acceptors (Lipinski definition) is 3. The number of hydrogen-bond donors (Lipinski definition) is 3. The molecule has 0 radical (unpaired) electrons. The van der Waals surface area contributed by atoms with Crippen molar-refractivity contribution in [2.75, 3.05) is 13.1 Å². The average Bonchev–Trinajstić information content (AvgIpc) is 2.94. The van der Waals surface area contributed by atoms with Crippen molar-refractivity contribution in [2.24, 2.45) is 0 Å². The van der Waals surface area contributed by atoms with Crippen LogP contribution in [-0.4, -0.2) is 108 Å². The zero-order valence-electron chi connectivity index (χ0n) is 23.9. The third-order valence-electron chi connectivity index (χ3n) is 6.40. The van der Waals surface area contributed by atoms with Gasteiger partial charge < -0.3 is 15.7 Å². The van der Waals surface area contributed by atoms with Crippen LogP contribution in [0.2, 0.25) is 0 Å². The SMILES string of the molecule is O=C(CCC(F)(F)C(F)(F)C(F)(F)C(F)(F)C(F)(F)C(F)(F)F)NCC(O)CNC(=O)CCC(F)(F)C(F)(F)C(F)(F)C(F)(F)C(F)(F)C(F)(F)F. The van der Waals surface area contributed by atoms with Gasteiger partial charge in [-0.15, -0.1) is 0 Å². The molecule has 0 aliphatic rings. The van der Waals surface area contributed by atoms with Crippen LogP contribution in [0.3, 0.4) is 0 Å². The number of amides is 2. The fourth-order valence-corrected chi connectivity index (χ4v) is 3.17. The summed E-state index contributed by atoms with van der Waals surface area (Å²) in [5.74, 6) is -81.8. The molecule has 0 aromatic carbocycles. The van der Waals surface area contributed by atoms with Crippen LogP contribution in [0.4, 0.5) is 114 Å². The van der Waals surface area contributed by atoms with E-state index in [2.05, 4.69) is 0 Å². The molecule has 52 heavy (non-hydrogen) atoms. The minimum absolute atomic E-state index is 1.24. The van der Waals surface area contributed by atoms with Crippen LogP contribution >= 0.6 is 0 Å². The Morgan fingerprint density at radius 2 is 0.596 bits per heavy atom. The van der Waals surface area contributed by atoms with Gasteiger partial charge in [0.2, 0.25) is 11.8 Å². The van der Waals surface area contributed by atoms with Crippen molar-refractivity contribution in [3.05, 3.63) is 0 Å². The summed E-state index contributed by atoms with van der Waals surface area (Å²) in [5.41, 5.74) is 0. The first-order valence-corrected chi connectivity index (χ1v) is 12.5. The van der Waals surface area contributed by atoms with E-state index in [1.165, 1.54) is 10.6 Å². The molecule has 5 nitrogen and oxygen atoms in total. The number of carbonyl (C=O) groups is 2. The summed E-state index contributed by atoms with van der Waals surface area (Å²) >= 11 is 0. The van der Waals surface area contributed by atoms with E-state index in [-0.39, 0.29) is 0 Å². The number of aliphatic hydroxyl groups is 1. The second-order valence-electron chi connectivity index (χ2n) is 10.3. The molecule has 0 aliphatic carbocycles. The Balaban J connectivity index is 5.36. The van der Waals surface area contributed by atoms with Crippen molar-refractivity contribution < 1.29 is 129 Å². The van der Waals surface area contributed by atoms with E-state index in [1.54, 1.807) is 0 Å². The maximum absolute atomic E-state index is 13.7. The fraction of sp³-hybridized carbons (Fsp3) is 0.905. The van der Waals surface area contributed by atoms with E-state index < -0.39 is 128 Å². The first-order valence-electron chi connectivity index (χ1n) is 12.5. The second-order valence-corrected chi connectivity index (χ2v) is 10.3. The lowest BCUT2D eigenvalue weighted by atomic mass is 9.92. The van der Waals surface area contributed by atoms with Crippen LogP contribution in [-0.2, 0) is 9.59 Å². The third kappa shape index (κ3) is 8.40. The van der Waals surface area contributed by atoms with Gasteiger partial charge in [0.1, 0.15) is 0 Å². The molecule has 0 heterocycles. The molecule has 0 saturated heterocycles.